The lowest BCUT2D eigenvalue weighted by atomic mass is 10.0. The molecule has 0 N–H and O–H groups in total. The van der Waals surface area contributed by atoms with Crippen LogP contribution in [0.2, 0.25) is 0 Å². The number of ether oxygens (including phenoxy) is 2. The van der Waals surface area contributed by atoms with Gasteiger partial charge in [-0.05, 0) is 29.7 Å². The molecule has 92 valence electrons. The van der Waals surface area contributed by atoms with Gasteiger partial charge in [0.2, 0.25) is 0 Å². The third kappa shape index (κ3) is 2.20. The van der Waals surface area contributed by atoms with Gasteiger partial charge in [-0.1, -0.05) is 13.8 Å². The summed E-state index contributed by atoms with van der Waals surface area (Å²) in [7, 11) is 1.66. The zero-order chi connectivity index (χ0) is 12.4. The molecule has 0 saturated carbocycles. The predicted octanol–water partition coefficient (Wildman–Crippen LogP) is 2.78. The molecule has 0 bridgehead atoms. The molecule has 1 amide bonds. The van der Waals surface area contributed by atoms with Gasteiger partial charge in [-0.25, -0.2) is 4.79 Å². The number of hydrogen-bond donors (Lipinski definition) is 0. The molecule has 1 aliphatic heterocycles. The highest BCUT2D eigenvalue weighted by molar-refractivity contribution is 5.89. The van der Waals surface area contributed by atoms with E-state index in [1.54, 1.807) is 12.0 Å². The van der Waals surface area contributed by atoms with Gasteiger partial charge < -0.3 is 9.47 Å². The Morgan fingerprint density at radius 3 is 2.71 bits per heavy atom. The summed E-state index contributed by atoms with van der Waals surface area (Å²) in [5, 5.41) is 0. The second-order valence-electron chi connectivity index (χ2n) is 4.35. The maximum absolute atomic E-state index is 11.5. The van der Waals surface area contributed by atoms with E-state index in [0.29, 0.717) is 19.1 Å². The van der Waals surface area contributed by atoms with Gasteiger partial charge in [0.15, 0.2) is 0 Å². The number of cyclic esters (lactones) is 1. The molecule has 1 fully saturated rings. The van der Waals surface area contributed by atoms with Crippen LogP contribution in [0.5, 0.6) is 5.75 Å². The summed E-state index contributed by atoms with van der Waals surface area (Å²) < 4.78 is 10.2. The van der Waals surface area contributed by atoms with E-state index >= 15 is 0 Å². The average Bonchev–Trinajstić information content (AvgIpc) is 2.74. The SMILES string of the molecule is COc1ccc(N2CCOC2=O)cc1C(C)C. The summed E-state index contributed by atoms with van der Waals surface area (Å²) in [6, 6.07) is 5.78. The standard InChI is InChI=1S/C13H17NO3/c1-9(2)11-8-10(4-5-12(11)16-3)14-6-7-17-13(14)15/h4-5,8-9H,6-7H2,1-3H3. The van der Waals surface area contributed by atoms with Crippen LogP contribution in [-0.4, -0.2) is 26.4 Å². The van der Waals surface area contributed by atoms with Gasteiger partial charge in [-0.15, -0.1) is 0 Å². The van der Waals surface area contributed by atoms with Gasteiger partial charge in [-0.2, -0.15) is 0 Å². The van der Waals surface area contributed by atoms with E-state index in [9.17, 15) is 4.79 Å². The van der Waals surface area contributed by atoms with Gasteiger partial charge in [0.1, 0.15) is 12.4 Å². The fraction of sp³-hybridized carbons (Fsp3) is 0.462. The van der Waals surface area contributed by atoms with Crippen LogP contribution < -0.4 is 9.64 Å². The summed E-state index contributed by atoms with van der Waals surface area (Å²) >= 11 is 0. The van der Waals surface area contributed by atoms with Crippen LogP contribution in [0.1, 0.15) is 25.3 Å². The third-order valence-corrected chi connectivity index (χ3v) is 2.91. The lowest BCUT2D eigenvalue weighted by molar-refractivity contribution is 0.181. The first-order valence-corrected chi connectivity index (χ1v) is 5.75. The molecule has 0 aromatic heterocycles. The van der Waals surface area contributed by atoms with Crippen LogP contribution in [0, 0.1) is 0 Å². The van der Waals surface area contributed by atoms with Crippen molar-refractivity contribution < 1.29 is 14.3 Å². The van der Waals surface area contributed by atoms with Gasteiger partial charge in [0.05, 0.1) is 13.7 Å². The minimum Gasteiger partial charge on any atom is -0.496 e. The topological polar surface area (TPSA) is 38.8 Å². The maximum atomic E-state index is 11.5. The fourth-order valence-electron chi connectivity index (χ4n) is 1.97. The van der Waals surface area contributed by atoms with Crippen molar-refractivity contribution >= 4 is 11.8 Å². The smallest absolute Gasteiger partial charge is 0.414 e. The zero-order valence-corrected chi connectivity index (χ0v) is 10.4. The second-order valence-corrected chi connectivity index (χ2v) is 4.35. The van der Waals surface area contributed by atoms with Crippen LogP contribution in [0.4, 0.5) is 10.5 Å². The largest absolute Gasteiger partial charge is 0.496 e. The first-order valence-electron chi connectivity index (χ1n) is 5.75. The Kier molecular flexibility index (Phi) is 3.22. The molecule has 0 unspecified atom stereocenters. The van der Waals surface area contributed by atoms with Crippen molar-refractivity contribution in [1.82, 2.24) is 0 Å². The highest BCUT2D eigenvalue weighted by Crippen LogP contribution is 2.31. The molecule has 0 aliphatic carbocycles. The molecule has 4 nitrogen and oxygen atoms in total. The van der Waals surface area contributed by atoms with Crippen LogP contribution in [0.3, 0.4) is 0 Å². The van der Waals surface area contributed by atoms with Crippen molar-refractivity contribution in [3.63, 3.8) is 0 Å². The van der Waals surface area contributed by atoms with Crippen LogP contribution in [-0.2, 0) is 4.74 Å². The first kappa shape index (κ1) is 11.8. The summed E-state index contributed by atoms with van der Waals surface area (Å²) in [4.78, 5) is 13.1. The van der Waals surface area contributed by atoms with Crippen LogP contribution in [0.25, 0.3) is 0 Å². The van der Waals surface area contributed by atoms with Crippen molar-refractivity contribution in [3.8, 4) is 5.75 Å². The van der Waals surface area contributed by atoms with Crippen molar-refractivity contribution in [2.75, 3.05) is 25.2 Å². The van der Waals surface area contributed by atoms with Crippen molar-refractivity contribution in [2.24, 2.45) is 0 Å². The van der Waals surface area contributed by atoms with Gasteiger partial charge >= 0.3 is 6.09 Å². The van der Waals surface area contributed by atoms with E-state index in [-0.39, 0.29) is 6.09 Å². The number of hydrogen-bond acceptors (Lipinski definition) is 3. The Labute approximate surface area is 101 Å². The number of carbonyl (C=O) groups is 1. The number of nitrogens with zero attached hydrogens (tertiary/aromatic N) is 1. The first-order chi connectivity index (χ1) is 8.13. The number of rotatable bonds is 3. The van der Waals surface area contributed by atoms with Gasteiger partial charge in [0, 0.05) is 5.69 Å². The molecule has 17 heavy (non-hydrogen) atoms. The molecule has 0 radical (unpaired) electrons. The van der Waals surface area contributed by atoms with Crippen molar-refractivity contribution in [2.45, 2.75) is 19.8 Å². The number of amides is 1. The number of carbonyl (C=O) groups excluding carboxylic acids is 1. The number of benzene rings is 1. The molecule has 0 atom stereocenters. The Morgan fingerprint density at radius 2 is 2.18 bits per heavy atom. The summed E-state index contributed by atoms with van der Waals surface area (Å²) in [5.41, 5.74) is 1.97. The normalized spacial score (nSPS) is 15.3. The molecule has 1 aromatic carbocycles. The third-order valence-electron chi connectivity index (χ3n) is 2.91. The molecule has 0 spiro atoms. The average molecular weight is 235 g/mol. The Balaban J connectivity index is 2.36. The summed E-state index contributed by atoms with van der Waals surface area (Å²) in [5.74, 6) is 1.21. The van der Waals surface area contributed by atoms with Gasteiger partial charge in [0.25, 0.3) is 0 Å². The molecule has 2 rings (SSSR count). The van der Waals surface area contributed by atoms with E-state index in [1.807, 2.05) is 18.2 Å². The zero-order valence-electron chi connectivity index (χ0n) is 10.4. The monoisotopic (exact) mass is 235 g/mol. The lowest BCUT2D eigenvalue weighted by Gasteiger charge is -2.17. The van der Waals surface area contributed by atoms with E-state index in [4.69, 9.17) is 9.47 Å². The predicted molar refractivity (Wildman–Crippen MR) is 65.8 cm³/mol. The number of anilines is 1. The Morgan fingerprint density at radius 1 is 1.41 bits per heavy atom. The van der Waals surface area contributed by atoms with E-state index < -0.39 is 0 Å². The van der Waals surface area contributed by atoms with E-state index in [1.165, 1.54) is 0 Å². The van der Waals surface area contributed by atoms with Crippen molar-refractivity contribution in [3.05, 3.63) is 23.8 Å². The quantitative estimate of drug-likeness (QED) is 0.808. The van der Waals surface area contributed by atoms with Crippen molar-refractivity contribution in [1.29, 1.82) is 0 Å². The summed E-state index contributed by atoms with van der Waals surface area (Å²) in [6.45, 7) is 5.28. The Bertz CT molecular complexity index is 429. The second kappa shape index (κ2) is 4.65. The molecular formula is C13H17NO3. The molecular weight excluding hydrogens is 218 g/mol. The molecule has 1 aromatic rings. The summed E-state index contributed by atoms with van der Waals surface area (Å²) in [6.07, 6.45) is -0.273. The minimum atomic E-state index is -0.273. The number of methoxy groups -OCH3 is 1. The highest BCUT2D eigenvalue weighted by atomic mass is 16.6. The fourth-order valence-corrected chi connectivity index (χ4v) is 1.97. The highest BCUT2D eigenvalue weighted by Gasteiger charge is 2.24. The molecule has 1 aliphatic rings. The van der Waals surface area contributed by atoms with E-state index in [2.05, 4.69) is 13.8 Å². The Hall–Kier alpha value is -1.71. The lowest BCUT2D eigenvalue weighted by Crippen LogP contribution is -2.23. The van der Waals surface area contributed by atoms with E-state index in [0.717, 1.165) is 17.0 Å². The minimum absolute atomic E-state index is 0.273. The van der Waals surface area contributed by atoms with Gasteiger partial charge in [-0.3, -0.25) is 4.90 Å². The molecule has 1 heterocycles. The van der Waals surface area contributed by atoms with Crippen LogP contribution in [0.15, 0.2) is 18.2 Å². The molecule has 4 heteroatoms. The molecule has 1 saturated heterocycles. The maximum Gasteiger partial charge on any atom is 0.414 e. The van der Waals surface area contributed by atoms with Crippen LogP contribution >= 0.6 is 0 Å².